The van der Waals surface area contributed by atoms with Gasteiger partial charge in [-0.05, 0) is 54.8 Å². The van der Waals surface area contributed by atoms with Crippen LogP contribution in [-0.2, 0) is 21.1 Å². The van der Waals surface area contributed by atoms with E-state index in [-0.39, 0.29) is 17.3 Å². The average molecular weight is 432 g/mol. The lowest BCUT2D eigenvalue weighted by Gasteiger charge is -2.39. The number of halogens is 3. The van der Waals surface area contributed by atoms with Gasteiger partial charge in [0.1, 0.15) is 0 Å². The van der Waals surface area contributed by atoms with Crippen LogP contribution in [0, 0.1) is 5.92 Å². The molecule has 0 spiro atoms. The summed E-state index contributed by atoms with van der Waals surface area (Å²) < 4.78 is 45.0. The smallest absolute Gasteiger partial charge is 0.416 e. The maximum atomic E-state index is 13.4. The van der Waals surface area contributed by atoms with Gasteiger partial charge in [-0.2, -0.15) is 13.2 Å². The van der Waals surface area contributed by atoms with Crippen LogP contribution in [0.3, 0.4) is 0 Å². The number of methoxy groups -OCH3 is 1. The minimum Gasteiger partial charge on any atom is -0.469 e. The van der Waals surface area contributed by atoms with Gasteiger partial charge >= 0.3 is 12.1 Å². The maximum absolute atomic E-state index is 13.4. The van der Waals surface area contributed by atoms with Crippen LogP contribution >= 0.6 is 0 Å². The zero-order chi connectivity index (χ0) is 22.4. The molecule has 1 saturated heterocycles. The fourth-order valence-electron chi connectivity index (χ4n) is 4.79. The van der Waals surface area contributed by atoms with E-state index in [9.17, 15) is 18.0 Å². The SMILES string of the molecule is CCC1(CC)CN(c2cccc(N3CC(C(=O)OC)C3)c2)c2ccc(C(F)(F)F)cc21. The summed E-state index contributed by atoms with van der Waals surface area (Å²) in [6.45, 7) is 5.94. The van der Waals surface area contributed by atoms with E-state index in [1.54, 1.807) is 6.07 Å². The third kappa shape index (κ3) is 3.64. The second kappa shape index (κ2) is 7.77. The van der Waals surface area contributed by atoms with Crippen molar-refractivity contribution < 1.29 is 22.7 Å². The van der Waals surface area contributed by atoms with Crippen LogP contribution in [0.25, 0.3) is 0 Å². The number of benzene rings is 2. The van der Waals surface area contributed by atoms with Gasteiger partial charge in [0, 0.05) is 42.1 Å². The highest BCUT2D eigenvalue weighted by molar-refractivity contribution is 5.78. The van der Waals surface area contributed by atoms with Crippen molar-refractivity contribution in [3.63, 3.8) is 0 Å². The molecule has 0 N–H and O–H groups in total. The third-order valence-corrected chi connectivity index (χ3v) is 6.92. The number of hydrogen-bond donors (Lipinski definition) is 0. The lowest BCUT2D eigenvalue weighted by atomic mass is 9.77. The number of carbonyl (C=O) groups excluding carboxylic acids is 1. The molecule has 2 aliphatic heterocycles. The Morgan fingerprint density at radius 3 is 2.39 bits per heavy atom. The Balaban J connectivity index is 1.67. The lowest BCUT2D eigenvalue weighted by Crippen LogP contribution is -2.50. The zero-order valence-corrected chi connectivity index (χ0v) is 18.0. The van der Waals surface area contributed by atoms with Crippen molar-refractivity contribution in [1.82, 2.24) is 0 Å². The van der Waals surface area contributed by atoms with Crippen LogP contribution in [0.4, 0.5) is 30.2 Å². The van der Waals surface area contributed by atoms with Crippen LogP contribution in [0.2, 0.25) is 0 Å². The van der Waals surface area contributed by atoms with Crippen molar-refractivity contribution in [2.45, 2.75) is 38.3 Å². The Labute approximate surface area is 180 Å². The fourth-order valence-corrected chi connectivity index (χ4v) is 4.79. The summed E-state index contributed by atoms with van der Waals surface area (Å²) in [5.41, 5.74) is 2.64. The predicted octanol–water partition coefficient (Wildman–Crippen LogP) is 5.52. The molecular formula is C24H27F3N2O2. The van der Waals surface area contributed by atoms with Gasteiger partial charge in [0.25, 0.3) is 0 Å². The van der Waals surface area contributed by atoms with E-state index in [2.05, 4.69) is 15.9 Å². The number of anilines is 3. The summed E-state index contributed by atoms with van der Waals surface area (Å²) in [6, 6.07) is 12.1. The average Bonchev–Trinajstić information content (AvgIpc) is 3.06. The largest absolute Gasteiger partial charge is 0.469 e. The van der Waals surface area contributed by atoms with Crippen molar-refractivity contribution in [1.29, 1.82) is 0 Å². The lowest BCUT2D eigenvalue weighted by molar-refractivity contribution is -0.146. The molecule has 2 heterocycles. The quantitative estimate of drug-likeness (QED) is 0.582. The van der Waals surface area contributed by atoms with E-state index >= 15 is 0 Å². The molecule has 4 nitrogen and oxygen atoms in total. The zero-order valence-electron chi connectivity index (χ0n) is 18.0. The van der Waals surface area contributed by atoms with Crippen molar-refractivity contribution >= 4 is 23.0 Å². The van der Waals surface area contributed by atoms with Crippen LogP contribution in [-0.4, -0.2) is 32.7 Å². The van der Waals surface area contributed by atoms with Gasteiger partial charge in [-0.3, -0.25) is 4.79 Å². The highest BCUT2D eigenvalue weighted by atomic mass is 19.4. The van der Waals surface area contributed by atoms with Crippen molar-refractivity contribution in [3.05, 3.63) is 53.6 Å². The highest BCUT2D eigenvalue weighted by Gasteiger charge is 2.43. The van der Waals surface area contributed by atoms with Gasteiger partial charge in [-0.25, -0.2) is 0 Å². The fraction of sp³-hybridized carbons (Fsp3) is 0.458. The van der Waals surface area contributed by atoms with Gasteiger partial charge in [0.2, 0.25) is 0 Å². The predicted molar refractivity (Wildman–Crippen MR) is 115 cm³/mol. The number of nitrogens with zero attached hydrogens (tertiary/aromatic N) is 2. The molecule has 0 saturated carbocycles. The van der Waals surface area contributed by atoms with Crippen LogP contribution < -0.4 is 9.80 Å². The molecule has 2 aliphatic rings. The number of hydrogen-bond acceptors (Lipinski definition) is 4. The molecule has 7 heteroatoms. The summed E-state index contributed by atoms with van der Waals surface area (Å²) in [4.78, 5) is 15.9. The number of carbonyl (C=O) groups is 1. The van der Waals surface area contributed by atoms with Gasteiger partial charge in [0.15, 0.2) is 0 Å². The molecule has 0 aromatic heterocycles. The molecule has 0 radical (unpaired) electrons. The van der Waals surface area contributed by atoms with Crippen molar-refractivity contribution in [2.75, 3.05) is 36.5 Å². The molecule has 2 aromatic rings. The van der Waals surface area contributed by atoms with E-state index in [1.807, 2.05) is 32.0 Å². The summed E-state index contributed by atoms with van der Waals surface area (Å²) in [5.74, 6) is -0.313. The van der Waals surface area contributed by atoms with Gasteiger partial charge in [0.05, 0.1) is 18.6 Å². The normalized spacial score (nSPS) is 18.0. The molecular weight excluding hydrogens is 405 g/mol. The molecule has 2 aromatic carbocycles. The second-order valence-corrected chi connectivity index (χ2v) is 8.45. The monoisotopic (exact) mass is 432 g/mol. The molecule has 0 unspecified atom stereocenters. The van der Waals surface area contributed by atoms with Gasteiger partial charge < -0.3 is 14.5 Å². The molecule has 0 aliphatic carbocycles. The Bertz CT molecular complexity index is 979. The number of fused-ring (bicyclic) bond motifs is 1. The molecule has 0 atom stereocenters. The summed E-state index contributed by atoms with van der Waals surface area (Å²) >= 11 is 0. The number of ether oxygens (including phenoxy) is 1. The van der Waals surface area contributed by atoms with E-state index in [0.717, 1.165) is 35.5 Å². The van der Waals surface area contributed by atoms with Gasteiger partial charge in [-0.1, -0.05) is 19.9 Å². The number of esters is 1. The molecule has 166 valence electrons. The summed E-state index contributed by atoms with van der Waals surface area (Å²) in [6.07, 6.45) is -2.83. The van der Waals surface area contributed by atoms with E-state index < -0.39 is 11.7 Å². The first-order valence-electron chi connectivity index (χ1n) is 10.6. The number of rotatable bonds is 5. The molecule has 4 rings (SSSR count). The van der Waals surface area contributed by atoms with Crippen molar-refractivity contribution in [3.8, 4) is 0 Å². The highest BCUT2D eigenvalue weighted by Crippen LogP contribution is 2.50. The van der Waals surface area contributed by atoms with Crippen LogP contribution in [0.1, 0.15) is 37.8 Å². The maximum Gasteiger partial charge on any atom is 0.416 e. The third-order valence-electron chi connectivity index (χ3n) is 6.92. The van der Waals surface area contributed by atoms with E-state index in [0.29, 0.717) is 19.6 Å². The summed E-state index contributed by atoms with van der Waals surface area (Å²) in [5, 5.41) is 0. The first kappa shape index (κ1) is 21.5. The number of alkyl halides is 3. The first-order chi connectivity index (χ1) is 14.7. The second-order valence-electron chi connectivity index (χ2n) is 8.45. The van der Waals surface area contributed by atoms with Gasteiger partial charge in [-0.15, -0.1) is 0 Å². The minimum atomic E-state index is -4.36. The Morgan fingerprint density at radius 2 is 1.77 bits per heavy atom. The van der Waals surface area contributed by atoms with E-state index in [1.165, 1.54) is 19.2 Å². The Hall–Kier alpha value is -2.70. The first-order valence-corrected chi connectivity index (χ1v) is 10.6. The standard InChI is InChI=1S/C24H27F3N2O2/c1-4-23(5-2)15-29(21-10-9-17(11-20(21)23)24(25,26)27)19-8-6-7-18(12-19)28-13-16(14-28)22(30)31-3/h6-12,16H,4-5,13-15H2,1-3H3. The van der Waals surface area contributed by atoms with E-state index in [4.69, 9.17) is 4.74 Å². The molecule has 31 heavy (non-hydrogen) atoms. The van der Waals surface area contributed by atoms with Crippen LogP contribution in [0.15, 0.2) is 42.5 Å². The minimum absolute atomic E-state index is 0.116. The topological polar surface area (TPSA) is 32.8 Å². The summed E-state index contributed by atoms with van der Waals surface area (Å²) in [7, 11) is 1.40. The molecule has 0 amide bonds. The molecule has 1 fully saturated rings. The Morgan fingerprint density at radius 1 is 1.10 bits per heavy atom. The Kier molecular flexibility index (Phi) is 5.40. The van der Waals surface area contributed by atoms with Crippen LogP contribution in [0.5, 0.6) is 0 Å². The van der Waals surface area contributed by atoms with Crippen molar-refractivity contribution in [2.24, 2.45) is 5.92 Å². The molecule has 0 bridgehead atoms.